The minimum Gasteiger partial charge on any atom is -0.356 e. The van der Waals surface area contributed by atoms with Crippen LogP contribution in [0.15, 0.2) is 35.5 Å². The third-order valence-corrected chi connectivity index (χ3v) is 3.94. The zero-order valence-corrected chi connectivity index (χ0v) is 9.04. The smallest absolute Gasteiger partial charge is 0.0725 e. The van der Waals surface area contributed by atoms with E-state index in [1.54, 1.807) is 0 Å². The summed E-state index contributed by atoms with van der Waals surface area (Å²) < 4.78 is 0. The van der Waals surface area contributed by atoms with E-state index in [4.69, 9.17) is 0 Å². The Morgan fingerprint density at radius 1 is 1.38 bits per heavy atom. The van der Waals surface area contributed by atoms with Gasteiger partial charge in [-0.15, -0.1) is 23.1 Å². The van der Waals surface area contributed by atoms with Gasteiger partial charge in [0.25, 0.3) is 0 Å². The molecule has 1 N–H and O–H groups in total. The molecule has 0 unspecified atom stereocenters. The fraction of sp³-hybridized carbons (Fsp3) is 0.200. The molecule has 0 fully saturated rings. The zero-order valence-electron chi connectivity index (χ0n) is 7.41. The number of H-pyrrole nitrogens is 1. The van der Waals surface area contributed by atoms with Crippen molar-refractivity contribution >= 4 is 23.1 Å². The number of hydrogen-bond donors (Lipinski definition) is 1. The minimum atomic E-state index is 1.07. The number of rotatable bonds is 3. The number of nitrogens with one attached hydrogen (secondary N) is 1. The molecule has 3 heteroatoms. The normalized spacial score (nSPS) is 10.5. The van der Waals surface area contributed by atoms with Crippen molar-refractivity contribution in [2.75, 3.05) is 0 Å². The lowest BCUT2D eigenvalue weighted by atomic mass is 10.5. The second-order valence-corrected chi connectivity index (χ2v) is 5.23. The van der Waals surface area contributed by atoms with Crippen LogP contribution in [-0.2, 0) is 5.75 Å². The van der Waals surface area contributed by atoms with Crippen LogP contribution < -0.4 is 0 Å². The molecule has 2 heterocycles. The third kappa shape index (κ3) is 2.39. The van der Waals surface area contributed by atoms with Crippen molar-refractivity contribution in [1.82, 2.24) is 4.98 Å². The van der Waals surface area contributed by atoms with Gasteiger partial charge in [0.15, 0.2) is 0 Å². The predicted molar refractivity (Wildman–Crippen MR) is 59.4 cm³/mol. The molecule has 0 saturated heterocycles. The van der Waals surface area contributed by atoms with Gasteiger partial charge in [-0.25, -0.2) is 0 Å². The quantitative estimate of drug-likeness (QED) is 0.762. The predicted octanol–water partition coefficient (Wildman–Crippen LogP) is 3.68. The SMILES string of the molecule is Cc1ccc(CSc2ccc[nH]2)s1. The van der Waals surface area contributed by atoms with E-state index in [1.807, 2.05) is 35.4 Å². The molecular weight excluding hydrogens is 198 g/mol. The van der Waals surface area contributed by atoms with Crippen LogP contribution in [0.5, 0.6) is 0 Å². The largest absolute Gasteiger partial charge is 0.356 e. The maximum atomic E-state index is 3.18. The minimum absolute atomic E-state index is 1.07. The molecule has 2 aromatic heterocycles. The maximum absolute atomic E-state index is 3.18. The highest BCUT2D eigenvalue weighted by Gasteiger charge is 1.98. The van der Waals surface area contributed by atoms with Gasteiger partial charge in [0, 0.05) is 21.7 Å². The van der Waals surface area contributed by atoms with Crippen LogP contribution in [-0.4, -0.2) is 4.98 Å². The first-order chi connectivity index (χ1) is 6.34. The van der Waals surface area contributed by atoms with Crippen molar-refractivity contribution in [3.05, 3.63) is 40.2 Å². The number of thioether (sulfide) groups is 1. The van der Waals surface area contributed by atoms with Crippen molar-refractivity contribution in [3.63, 3.8) is 0 Å². The number of aromatic nitrogens is 1. The van der Waals surface area contributed by atoms with Crippen LogP contribution in [0.4, 0.5) is 0 Å². The van der Waals surface area contributed by atoms with Gasteiger partial charge in [-0.2, -0.15) is 0 Å². The van der Waals surface area contributed by atoms with Crippen molar-refractivity contribution in [3.8, 4) is 0 Å². The van der Waals surface area contributed by atoms with E-state index < -0.39 is 0 Å². The molecule has 0 spiro atoms. The molecule has 0 atom stereocenters. The van der Waals surface area contributed by atoms with Crippen molar-refractivity contribution in [2.45, 2.75) is 17.7 Å². The molecule has 2 rings (SSSR count). The number of hydrogen-bond acceptors (Lipinski definition) is 2. The van der Waals surface area contributed by atoms with Crippen molar-refractivity contribution < 1.29 is 0 Å². The average Bonchev–Trinajstić information content (AvgIpc) is 2.71. The lowest BCUT2D eigenvalue weighted by Crippen LogP contribution is -1.72. The van der Waals surface area contributed by atoms with Crippen LogP contribution in [0.3, 0.4) is 0 Å². The highest BCUT2D eigenvalue weighted by molar-refractivity contribution is 7.98. The molecule has 0 bridgehead atoms. The number of aromatic amines is 1. The van der Waals surface area contributed by atoms with Gasteiger partial charge >= 0.3 is 0 Å². The average molecular weight is 209 g/mol. The van der Waals surface area contributed by atoms with E-state index in [2.05, 4.69) is 30.1 Å². The molecule has 2 aromatic rings. The van der Waals surface area contributed by atoms with E-state index in [1.165, 1.54) is 14.8 Å². The number of aryl methyl sites for hydroxylation is 1. The Balaban J connectivity index is 1.93. The van der Waals surface area contributed by atoms with E-state index in [-0.39, 0.29) is 0 Å². The fourth-order valence-electron chi connectivity index (χ4n) is 1.12. The Bertz CT molecular complexity index is 362. The van der Waals surface area contributed by atoms with Crippen LogP contribution in [0.1, 0.15) is 9.75 Å². The summed E-state index contributed by atoms with van der Waals surface area (Å²) in [4.78, 5) is 6.01. The highest BCUT2D eigenvalue weighted by atomic mass is 32.2. The summed E-state index contributed by atoms with van der Waals surface area (Å²) in [5.74, 6) is 1.07. The first-order valence-electron chi connectivity index (χ1n) is 4.16. The van der Waals surface area contributed by atoms with Crippen LogP contribution >= 0.6 is 23.1 Å². The molecule has 68 valence electrons. The van der Waals surface area contributed by atoms with Crippen molar-refractivity contribution in [2.24, 2.45) is 0 Å². The summed E-state index contributed by atoms with van der Waals surface area (Å²) in [6.07, 6.45) is 1.96. The molecule has 0 radical (unpaired) electrons. The molecule has 0 aliphatic carbocycles. The summed E-state index contributed by atoms with van der Waals surface area (Å²) in [6, 6.07) is 8.51. The molecular formula is C10H11NS2. The molecule has 0 aliphatic heterocycles. The van der Waals surface area contributed by atoms with Gasteiger partial charge in [-0.1, -0.05) is 0 Å². The monoisotopic (exact) mass is 209 g/mol. The molecule has 1 nitrogen and oxygen atoms in total. The molecule has 0 aromatic carbocycles. The fourth-order valence-corrected chi connectivity index (χ4v) is 2.93. The van der Waals surface area contributed by atoms with Crippen LogP contribution in [0, 0.1) is 6.92 Å². The summed E-state index contributed by atoms with van der Waals surface area (Å²) >= 11 is 3.72. The Hall–Kier alpha value is -0.670. The lowest BCUT2D eigenvalue weighted by molar-refractivity contribution is 1.20. The van der Waals surface area contributed by atoms with Gasteiger partial charge in [0.2, 0.25) is 0 Å². The second kappa shape index (κ2) is 4.03. The van der Waals surface area contributed by atoms with Gasteiger partial charge in [-0.05, 0) is 31.2 Å². The van der Waals surface area contributed by atoms with E-state index in [9.17, 15) is 0 Å². The highest BCUT2D eigenvalue weighted by Crippen LogP contribution is 2.25. The van der Waals surface area contributed by atoms with Gasteiger partial charge in [0.05, 0.1) is 5.03 Å². The van der Waals surface area contributed by atoms with Gasteiger partial charge < -0.3 is 4.98 Å². The zero-order chi connectivity index (χ0) is 9.10. The van der Waals surface area contributed by atoms with E-state index >= 15 is 0 Å². The molecule has 0 saturated carbocycles. The second-order valence-electron chi connectivity index (χ2n) is 2.84. The third-order valence-electron chi connectivity index (χ3n) is 1.74. The Kier molecular flexibility index (Phi) is 2.76. The Labute approximate surface area is 86.2 Å². The standard InChI is InChI=1S/C10H11NS2/c1-8-4-5-9(13-8)7-12-10-3-2-6-11-10/h2-6,11H,7H2,1H3. The summed E-state index contributed by atoms with van der Waals surface area (Å²) in [6.45, 7) is 2.15. The maximum Gasteiger partial charge on any atom is 0.0725 e. The molecule has 13 heavy (non-hydrogen) atoms. The van der Waals surface area contributed by atoms with E-state index in [0.29, 0.717) is 0 Å². The Morgan fingerprint density at radius 2 is 2.31 bits per heavy atom. The first-order valence-corrected chi connectivity index (χ1v) is 5.96. The van der Waals surface area contributed by atoms with Crippen LogP contribution in [0.25, 0.3) is 0 Å². The molecule has 0 aliphatic rings. The van der Waals surface area contributed by atoms with E-state index in [0.717, 1.165) is 5.75 Å². The lowest BCUT2D eigenvalue weighted by Gasteiger charge is -1.94. The first kappa shape index (κ1) is 8.91. The van der Waals surface area contributed by atoms with Crippen molar-refractivity contribution in [1.29, 1.82) is 0 Å². The summed E-state index contributed by atoms with van der Waals surface area (Å²) in [5.41, 5.74) is 0. The summed E-state index contributed by atoms with van der Waals surface area (Å²) in [5, 5.41) is 1.24. The number of thiophene rings is 1. The van der Waals surface area contributed by atoms with Crippen LogP contribution in [0.2, 0.25) is 0 Å². The topological polar surface area (TPSA) is 15.8 Å². The summed E-state index contributed by atoms with van der Waals surface area (Å²) in [7, 11) is 0. The molecule has 0 amide bonds. The van der Waals surface area contributed by atoms with Gasteiger partial charge in [-0.3, -0.25) is 0 Å². The Morgan fingerprint density at radius 3 is 2.92 bits per heavy atom. The van der Waals surface area contributed by atoms with Gasteiger partial charge in [0.1, 0.15) is 0 Å².